The fourth-order valence-electron chi connectivity index (χ4n) is 2.75. The Balaban J connectivity index is 1.90. The minimum absolute atomic E-state index is 0.0428. The third-order valence-corrected chi connectivity index (χ3v) is 3.79. The van der Waals surface area contributed by atoms with E-state index in [2.05, 4.69) is 5.32 Å². The number of rotatable bonds is 5. The zero-order valence-corrected chi connectivity index (χ0v) is 12.0. The number of carbonyl (C=O) groups excluding carboxylic acids is 1. The standard InChI is InChI=1S/C17H21NO3/c19-16(12-13-5-2-1-3-6-13)18-15-8-4-7-14(11-15)9-10-17(20)21/h4,7-11,13H,1-3,5-6,12H2,(H,18,19)(H,20,21)/b10-9+. The van der Waals surface area contributed by atoms with Crippen LogP contribution >= 0.6 is 0 Å². The molecule has 0 aliphatic heterocycles. The highest BCUT2D eigenvalue weighted by Gasteiger charge is 2.16. The molecule has 0 radical (unpaired) electrons. The summed E-state index contributed by atoms with van der Waals surface area (Å²) in [7, 11) is 0. The van der Waals surface area contributed by atoms with Gasteiger partial charge in [-0.05, 0) is 42.5 Å². The molecule has 4 heteroatoms. The summed E-state index contributed by atoms with van der Waals surface area (Å²) < 4.78 is 0. The number of carboxylic acid groups (broad SMARTS) is 1. The van der Waals surface area contributed by atoms with Gasteiger partial charge in [0.2, 0.25) is 5.91 Å². The molecule has 2 N–H and O–H groups in total. The van der Waals surface area contributed by atoms with Crippen molar-refractivity contribution in [3.63, 3.8) is 0 Å². The second-order valence-electron chi connectivity index (χ2n) is 5.55. The van der Waals surface area contributed by atoms with Crippen LogP contribution in [-0.4, -0.2) is 17.0 Å². The van der Waals surface area contributed by atoms with Crippen molar-refractivity contribution in [2.45, 2.75) is 38.5 Å². The molecule has 1 aliphatic rings. The number of nitrogens with one attached hydrogen (secondary N) is 1. The Bertz CT molecular complexity index is 531. The van der Waals surface area contributed by atoms with Crippen LogP contribution in [0.15, 0.2) is 30.3 Å². The lowest BCUT2D eigenvalue weighted by Gasteiger charge is -2.20. The van der Waals surface area contributed by atoms with Gasteiger partial charge in [-0.2, -0.15) is 0 Å². The van der Waals surface area contributed by atoms with Crippen LogP contribution in [0.3, 0.4) is 0 Å². The molecule has 4 nitrogen and oxygen atoms in total. The first-order chi connectivity index (χ1) is 10.1. The fraction of sp³-hybridized carbons (Fsp3) is 0.412. The molecule has 0 atom stereocenters. The van der Waals surface area contributed by atoms with Crippen LogP contribution in [-0.2, 0) is 9.59 Å². The third-order valence-electron chi connectivity index (χ3n) is 3.79. The van der Waals surface area contributed by atoms with Crippen LogP contribution in [0.1, 0.15) is 44.1 Å². The van der Waals surface area contributed by atoms with E-state index in [1.165, 1.54) is 25.3 Å². The van der Waals surface area contributed by atoms with E-state index in [1.807, 2.05) is 6.07 Å². The van der Waals surface area contributed by atoms with Gasteiger partial charge in [0.25, 0.3) is 0 Å². The number of anilines is 1. The smallest absolute Gasteiger partial charge is 0.328 e. The monoisotopic (exact) mass is 287 g/mol. The molecule has 1 aliphatic carbocycles. The van der Waals surface area contributed by atoms with Crippen molar-refractivity contribution in [3.05, 3.63) is 35.9 Å². The number of amides is 1. The molecule has 1 amide bonds. The molecule has 0 spiro atoms. The average Bonchev–Trinajstić information content (AvgIpc) is 2.46. The van der Waals surface area contributed by atoms with Crippen LogP contribution in [0.4, 0.5) is 5.69 Å². The Morgan fingerprint density at radius 2 is 2.00 bits per heavy atom. The van der Waals surface area contributed by atoms with Gasteiger partial charge in [0.05, 0.1) is 0 Å². The molecule has 21 heavy (non-hydrogen) atoms. The summed E-state index contributed by atoms with van der Waals surface area (Å²) in [4.78, 5) is 22.5. The van der Waals surface area contributed by atoms with E-state index in [0.717, 1.165) is 24.5 Å². The van der Waals surface area contributed by atoms with Gasteiger partial charge in [0, 0.05) is 18.2 Å². The third kappa shape index (κ3) is 5.42. The number of hydrogen-bond donors (Lipinski definition) is 2. The molecule has 2 rings (SSSR count). The summed E-state index contributed by atoms with van der Waals surface area (Å²) in [6, 6.07) is 7.20. The lowest BCUT2D eigenvalue weighted by atomic mass is 9.87. The van der Waals surface area contributed by atoms with E-state index in [0.29, 0.717) is 18.0 Å². The van der Waals surface area contributed by atoms with Gasteiger partial charge >= 0.3 is 5.97 Å². The van der Waals surface area contributed by atoms with Gasteiger partial charge in [-0.25, -0.2) is 4.79 Å². The maximum Gasteiger partial charge on any atom is 0.328 e. The van der Waals surface area contributed by atoms with Crippen LogP contribution < -0.4 is 5.32 Å². The molecule has 0 aromatic heterocycles. The van der Waals surface area contributed by atoms with E-state index in [-0.39, 0.29) is 5.91 Å². The van der Waals surface area contributed by atoms with Crippen molar-refractivity contribution >= 4 is 23.6 Å². The first-order valence-corrected chi connectivity index (χ1v) is 7.44. The SMILES string of the molecule is O=C(O)/C=C/c1cccc(NC(=O)CC2CCCCC2)c1. The molecule has 0 bridgehead atoms. The first kappa shape index (κ1) is 15.3. The van der Waals surface area contributed by atoms with Crippen molar-refractivity contribution in [1.29, 1.82) is 0 Å². The summed E-state index contributed by atoms with van der Waals surface area (Å²) in [6.07, 6.45) is 9.22. The van der Waals surface area contributed by atoms with E-state index in [4.69, 9.17) is 5.11 Å². The van der Waals surface area contributed by atoms with E-state index in [9.17, 15) is 9.59 Å². The van der Waals surface area contributed by atoms with Crippen molar-refractivity contribution in [2.24, 2.45) is 5.92 Å². The maximum absolute atomic E-state index is 12.0. The largest absolute Gasteiger partial charge is 0.478 e. The molecular weight excluding hydrogens is 266 g/mol. The second-order valence-corrected chi connectivity index (χ2v) is 5.55. The van der Waals surface area contributed by atoms with Gasteiger partial charge in [-0.15, -0.1) is 0 Å². The molecule has 0 unspecified atom stereocenters. The first-order valence-electron chi connectivity index (χ1n) is 7.44. The highest BCUT2D eigenvalue weighted by Crippen LogP contribution is 2.26. The van der Waals surface area contributed by atoms with Gasteiger partial charge in [0.15, 0.2) is 0 Å². The summed E-state index contributed by atoms with van der Waals surface area (Å²) in [5.74, 6) is -0.433. The van der Waals surface area contributed by atoms with E-state index < -0.39 is 5.97 Å². The van der Waals surface area contributed by atoms with Gasteiger partial charge < -0.3 is 10.4 Å². The topological polar surface area (TPSA) is 66.4 Å². The predicted octanol–water partition coefficient (Wildman–Crippen LogP) is 3.69. The molecule has 112 valence electrons. The summed E-state index contributed by atoms with van der Waals surface area (Å²) in [6.45, 7) is 0. The van der Waals surface area contributed by atoms with Crippen LogP contribution in [0, 0.1) is 5.92 Å². The van der Waals surface area contributed by atoms with Crippen molar-refractivity contribution in [2.75, 3.05) is 5.32 Å². The summed E-state index contributed by atoms with van der Waals surface area (Å²) >= 11 is 0. The van der Waals surface area contributed by atoms with Crippen LogP contribution in [0.2, 0.25) is 0 Å². The zero-order chi connectivity index (χ0) is 15.1. The Kier molecular flexibility index (Phi) is 5.55. The Hall–Kier alpha value is -2.10. The fourth-order valence-corrected chi connectivity index (χ4v) is 2.75. The highest BCUT2D eigenvalue weighted by atomic mass is 16.4. The van der Waals surface area contributed by atoms with Crippen LogP contribution in [0.5, 0.6) is 0 Å². The predicted molar refractivity (Wildman–Crippen MR) is 82.9 cm³/mol. The average molecular weight is 287 g/mol. The Morgan fingerprint density at radius 1 is 1.24 bits per heavy atom. The number of carbonyl (C=O) groups is 2. The minimum Gasteiger partial charge on any atom is -0.478 e. The van der Waals surface area contributed by atoms with Crippen molar-refractivity contribution in [1.82, 2.24) is 0 Å². The van der Waals surface area contributed by atoms with Crippen molar-refractivity contribution < 1.29 is 14.7 Å². The normalized spacial score (nSPS) is 16.0. The van der Waals surface area contributed by atoms with E-state index >= 15 is 0 Å². The molecule has 0 saturated heterocycles. The molecule has 1 fully saturated rings. The minimum atomic E-state index is -0.985. The van der Waals surface area contributed by atoms with Gasteiger partial charge in [0.1, 0.15) is 0 Å². The summed E-state index contributed by atoms with van der Waals surface area (Å²) in [5.41, 5.74) is 1.47. The number of carboxylic acids is 1. The molecule has 1 aromatic carbocycles. The quantitative estimate of drug-likeness (QED) is 0.812. The molecule has 1 aromatic rings. The molecular formula is C17H21NO3. The molecule has 0 heterocycles. The lowest BCUT2D eigenvalue weighted by molar-refractivity contribution is -0.131. The maximum atomic E-state index is 12.0. The number of aliphatic carboxylic acids is 1. The Labute approximate surface area is 124 Å². The zero-order valence-electron chi connectivity index (χ0n) is 12.0. The Morgan fingerprint density at radius 3 is 2.71 bits per heavy atom. The van der Waals surface area contributed by atoms with Gasteiger partial charge in [-0.1, -0.05) is 31.4 Å². The summed E-state index contributed by atoms with van der Waals surface area (Å²) in [5, 5.41) is 11.5. The van der Waals surface area contributed by atoms with Gasteiger partial charge in [-0.3, -0.25) is 4.79 Å². The van der Waals surface area contributed by atoms with Crippen LogP contribution in [0.25, 0.3) is 6.08 Å². The number of hydrogen-bond acceptors (Lipinski definition) is 2. The van der Waals surface area contributed by atoms with Crippen molar-refractivity contribution in [3.8, 4) is 0 Å². The number of benzene rings is 1. The second kappa shape index (κ2) is 7.62. The van der Waals surface area contributed by atoms with E-state index in [1.54, 1.807) is 18.2 Å². The highest BCUT2D eigenvalue weighted by molar-refractivity contribution is 5.91. The lowest BCUT2D eigenvalue weighted by Crippen LogP contribution is -2.18. The molecule has 1 saturated carbocycles.